The van der Waals surface area contributed by atoms with Crippen LogP contribution >= 0.6 is 0 Å². The molecule has 4 heteroatoms. The highest BCUT2D eigenvalue weighted by molar-refractivity contribution is 6.05. The molecular weight excluding hydrogens is 386 g/mol. The first-order valence-corrected chi connectivity index (χ1v) is 10.5. The molecular formula is C27H25NO3. The monoisotopic (exact) mass is 411 g/mol. The van der Waals surface area contributed by atoms with Crippen molar-refractivity contribution in [2.24, 2.45) is 0 Å². The topological polar surface area (TPSA) is 50.5 Å². The number of hydrogen-bond acceptors (Lipinski definition) is 3. The van der Waals surface area contributed by atoms with Crippen molar-refractivity contribution in [1.29, 1.82) is 0 Å². The van der Waals surface area contributed by atoms with Crippen LogP contribution in [0.25, 0.3) is 22.3 Å². The van der Waals surface area contributed by atoms with Crippen LogP contribution in [0.1, 0.15) is 34.8 Å². The Bertz CT molecular complexity index is 1260. The van der Waals surface area contributed by atoms with Gasteiger partial charge in [0.15, 0.2) is 11.0 Å². The minimum atomic E-state index is -0.137. The molecule has 0 aliphatic heterocycles. The number of para-hydroxylation sites is 1. The zero-order valence-electron chi connectivity index (χ0n) is 17.8. The number of carbonyl (C=O) groups excluding carboxylic acids is 1. The molecule has 0 aliphatic carbocycles. The van der Waals surface area contributed by atoms with Gasteiger partial charge in [-0.05, 0) is 31.0 Å². The molecule has 0 atom stereocenters. The first kappa shape index (κ1) is 20.6. The van der Waals surface area contributed by atoms with E-state index in [2.05, 4.69) is 0 Å². The number of hydrogen-bond donors (Lipinski definition) is 0. The SMILES string of the molecule is CCCN(Cc1ccccc1)C(=O)c1cccc2c(=O)c(C)c(-c3ccccc3)oc12. The van der Waals surface area contributed by atoms with Crippen LogP contribution in [0.3, 0.4) is 0 Å². The zero-order chi connectivity index (χ0) is 21.8. The van der Waals surface area contributed by atoms with Gasteiger partial charge < -0.3 is 9.32 Å². The van der Waals surface area contributed by atoms with Gasteiger partial charge in [-0.3, -0.25) is 9.59 Å². The predicted molar refractivity (Wildman–Crippen MR) is 124 cm³/mol. The predicted octanol–water partition coefficient (Wildman–Crippen LogP) is 5.82. The zero-order valence-corrected chi connectivity index (χ0v) is 17.8. The van der Waals surface area contributed by atoms with Gasteiger partial charge >= 0.3 is 0 Å². The van der Waals surface area contributed by atoms with Crippen molar-refractivity contribution in [2.45, 2.75) is 26.8 Å². The van der Waals surface area contributed by atoms with E-state index in [1.165, 1.54) is 0 Å². The standard InChI is InChI=1S/C27H25NO3/c1-3-17-28(18-20-11-6-4-7-12-20)27(30)23-16-10-15-22-24(29)19(2)25(31-26(22)23)21-13-8-5-9-14-21/h4-16H,3,17-18H2,1-2H3. The van der Waals surface area contributed by atoms with Gasteiger partial charge in [0.05, 0.1) is 10.9 Å². The highest BCUT2D eigenvalue weighted by atomic mass is 16.3. The van der Waals surface area contributed by atoms with Gasteiger partial charge in [0.2, 0.25) is 0 Å². The lowest BCUT2D eigenvalue weighted by atomic mass is 10.0. The van der Waals surface area contributed by atoms with Crippen molar-refractivity contribution in [3.8, 4) is 11.3 Å². The third kappa shape index (κ3) is 4.15. The largest absolute Gasteiger partial charge is 0.455 e. The Balaban J connectivity index is 1.83. The molecule has 0 aliphatic rings. The molecule has 31 heavy (non-hydrogen) atoms. The summed E-state index contributed by atoms with van der Waals surface area (Å²) in [5, 5.41) is 0.430. The van der Waals surface area contributed by atoms with Gasteiger partial charge in [-0.2, -0.15) is 0 Å². The maximum absolute atomic E-state index is 13.6. The fourth-order valence-corrected chi connectivity index (χ4v) is 3.84. The fourth-order valence-electron chi connectivity index (χ4n) is 3.84. The third-order valence-electron chi connectivity index (χ3n) is 5.41. The molecule has 4 aromatic rings. The molecule has 1 heterocycles. The van der Waals surface area contributed by atoms with Crippen LogP contribution in [-0.4, -0.2) is 17.4 Å². The minimum Gasteiger partial charge on any atom is -0.455 e. The summed E-state index contributed by atoms with van der Waals surface area (Å²) in [4.78, 5) is 28.5. The number of nitrogens with zero attached hydrogens (tertiary/aromatic N) is 1. The molecule has 1 amide bonds. The van der Waals surface area contributed by atoms with Gasteiger partial charge in [0, 0.05) is 24.2 Å². The van der Waals surface area contributed by atoms with Gasteiger partial charge in [-0.1, -0.05) is 73.7 Å². The summed E-state index contributed by atoms with van der Waals surface area (Å²) in [6.07, 6.45) is 0.835. The molecule has 0 saturated carbocycles. The van der Waals surface area contributed by atoms with Crippen molar-refractivity contribution >= 4 is 16.9 Å². The Morgan fingerprint density at radius 1 is 0.903 bits per heavy atom. The van der Waals surface area contributed by atoms with Crippen molar-refractivity contribution in [3.63, 3.8) is 0 Å². The van der Waals surface area contributed by atoms with Gasteiger partial charge in [-0.15, -0.1) is 0 Å². The maximum atomic E-state index is 13.6. The lowest BCUT2D eigenvalue weighted by molar-refractivity contribution is 0.0744. The van der Waals surface area contributed by atoms with E-state index in [4.69, 9.17) is 4.42 Å². The Labute approximate surface area is 181 Å². The second kappa shape index (κ2) is 9.00. The van der Waals surface area contributed by atoms with E-state index in [0.29, 0.717) is 40.9 Å². The van der Waals surface area contributed by atoms with Crippen molar-refractivity contribution < 1.29 is 9.21 Å². The average Bonchev–Trinajstić information content (AvgIpc) is 2.81. The van der Waals surface area contributed by atoms with E-state index in [9.17, 15) is 9.59 Å². The van der Waals surface area contributed by atoms with Crippen LogP contribution in [0.2, 0.25) is 0 Å². The molecule has 0 fully saturated rings. The smallest absolute Gasteiger partial charge is 0.257 e. The minimum absolute atomic E-state index is 0.111. The summed E-state index contributed by atoms with van der Waals surface area (Å²) < 4.78 is 6.24. The number of benzene rings is 3. The molecule has 0 N–H and O–H groups in total. The van der Waals surface area contributed by atoms with Crippen LogP contribution in [0, 0.1) is 6.92 Å². The van der Waals surface area contributed by atoms with E-state index in [0.717, 1.165) is 17.5 Å². The van der Waals surface area contributed by atoms with Crippen LogP contribution in [0.5, 0.6) is 0 Å². The number of carbonyl (C=O) groups is 1. The molecule has 4 nitrogen and oxygen atoms in total. The molecule has 1 aromatic heterocycles. The summed E-state index contributed by atoms with van der Waals surface area (Å²) in [5.74, 6) is 0.366. The van der Waals surface area contributed by atoms with E-state index in [-0.39, 0.29) is 11.3 Å². The Hall–Kier alpha value is -3.66. The van der Waals surface area contributed by atoms with Crippen LogP contribution < -0.4 is 5.43 Å². The third-order valence-corrected chi connectivity index (χ3v) is 5.41. The Morgan fingerprint density at radius 3 is 2.26 bits per heavy atom. The Kier molecular flexibility index (Phi) is 5.99. The highest BCUT2D eigenvalue weighted by Crippen LogP contribution is 2.28. The molecule has 4 rings (SSSR count). The quantitative estimate of drug-likeness (QED) is 0.402. The van der Waals surface area contributed by atoms with Crippen molar-refractivity contribution in [3.05, 3.63) is 106 Å². The summed E-state index contributed by atoms with van der Waals surface area (Å²) in [6, 6.07) is 24.7. The van der Waals surface area contributed by atoms with Crippen molar-refractivity contribution in [1.82, 2.24) is 4.90 Å². The number of amides is 1. The van der Waals surface area contributed by atoms with E-state index in [1.54, 1.807) is 25.1 Å². The first-order chi connectivity index (χ1) is 15.1. The van der Waals surface area contributed by atoms with Gasteiger partial charge in [0.25, 0.3) is 5.91 Å². The molecule has 0 saturated heterocycles. The van der Waals surface area contributed by atoms with Crippen LogP contribution in [0.15, 0.2) is 88.1 Å². The van der Waals surface area contributed by atoms with Gasteiger partial charge in [-0.25, -0.2) is 0 Å². The lowest BCUT2D eigenvalue weighted by Gasteiger charge is -2.23. The molecule has 156 valence electrons. The van der Waals surface area contributed by atoms with Gasteiger partial charge in [0.1, 0.15) is 5.76 Å². The second-order valence-electron chi connectivity index (χ2n) is 7.65. The molecule has 0 radical (unpaired) electrons. The fraction of sp³-hybridized carbons (Fsp3) is 0.185. The van der Waals surface area contributed by atoms with Crippen molar-refractivity contribution in [2.75, 3.05) is 6.54 Å². The summed E-state index contributed by atoms with van der Waals surface area (Å²) >= 11 is 0. The normalized spacial score (nSPS) is 10.9. The second-order valence-corrected chi connectivity index (χ2v) is 7.65. The summed E-state index contributed by atoms with van der Waals surface area (Å²) in [7, 11) is 0. The lowest BCUT2D eigenvalue weighted by Crippen LogP contribution is -2.31. The number of rotatable bonds is 6. The molecule has 0 spiro atoms. The van der Waals surface area contributed by atoms with E-state index < -0.39 is 0 Å². The average molecular weight is 412 g/mol. The molecule has 0 bridgehead atoms. The first-order valence-electron chi connectivity index (χ1n) is 10.5. The molecule has 0 unspecified atom stereocenters. The summed E-state index contributed by atoms with van der Waals surface area (Å²) in [5.41, 5.74) is 3.06. The Morgan fingerprint density at radius 2 is 1.58 bits per heavy atom. The maximum Gasteiger partial charge on any atom is 0.257 e. The van der Waals surface area contributed by atoms with Crippen LogP contribution in [-0.2, 0) is 6.54 Å². The molecule has 3 aromatic carbocycles. The van der Waals surface area contributed by atoms with Crippen LogP contribution in [0.4, 0.5) is 0 Å². The van der Waals surface area contributed by atoms with E-state index in [1.807, 2.05) is 72.5 Å². The highest BCUT2D eigenvalue weighted by Gasteiger charge is 2.22. The summed E-state index contributed by atoms with van der Waals surface area (Å²) in [6.45, 7) is 4.93. The van der Waals surface area contributed by atoms with E-state index >= 15 is 0 Å². The number of fused-ring (bicyclic) bond motifs is 1.